The standard InChI is InChI=1S/C20H22O4/c1-2-19(24-20(23)16-11-7-4-8-12-16)17(18(22)14-21)13-15-9-5-3-6-10-15/h2-12,17-19,21-22H,1,13-14H2/t17-,18?,19-/m1/s1. The van der Waals surface area contributed by atoms with Crippen molar-refractivity contribution >= 4 is 5.97 Å². The zero-order valence-corrected chi connectivity index (χ0v) is 13.4. The molecule has 2 aromatic carbocycles. The van der Waals surface area contributed by atoms with Gasteiger partial charge in [-0.15, -0.1) is 0 Å². The number of hydrogen-bond acceptors (Lipinski definition) is 4. The van der Waals surface area contributed by atoms with Crippen molar-refractivity contribution in [2.45, 2.75) is 18.6 Å². The van der Waals surface area contributed by atoms with Gasteiger partial charge in [0.05, 0.1) is 18.3 Å². The van der Waals surface area contributed by atoms with Gasteiger partial charge in [0.15, 0.2) is 0 Å². The van der Waals surface area contributed by atoms with Gasteiger partial charge < -0.3 is 14.9 Å². The van der Waals surface area contributed by atoms with Crippen molar-refractivity contribution in [1.29, 1.82) is 0 Å². The smallest absolute Gasteiger partial charge is 0.338 e. The minimum Gasteiger partial charge on any atom is -0.454 e. The third kappa shape index (κ3) is 4.78. The molecular formula is C20H22O4. The van der Waals surface area contributed by atoms with Gasteiger partial charge in [0.2, 0.25) is 0 Å². The number of carbonyl (C=O) groups is 1. The van der Waals surface area contributed by atoms with Crippen molar-refractivity contribution in [3.8, 4) is 0 Å². The van der Waals surface area contributed by atoms with Gasteiger partial charge in [-0.1, -0.05) is 61.2 Å². The van der Waals surface area contributed by atoms with Crippen LogP contribution in [0.5, 0.6) is 0 Å². The number of esters is 1. The van der Waals surface area contributed by atoms with Gasteiger partial charge in [0.1, 0.15) is 6.10 Å². The molecule has 4 nitrogen and oxygen atoms in total. The monoisotopic (exact) mass is 326 g/mol. The Morgan fingerprint density at radius 3 is 2.21 bits per heavy atom. The molecule has 0 fully saturated rings. The van der Waals surface area contributed by atoms with Crippen LogP contribution in [0.15, 0.2) is 73.3 Å². The molecule has 126 valence electrons. The minimum atomic E-state index is -1.02. The van der Waals surface area contributed by atoms with E-state index in [2.05, 4.69) is 6.58 Å². The Labute approximate surface area is 142 Å². The van der Waals surface area contributed by atoms with Crippen LogP contribution in [0.1, 0.15) is 15.9 Å². The highest BCUT2D eigenvalue weighted by Crippen LogP contribution is 2.21. The Balaban J connectivity index is 2.16. The second-order valence-corrected chi connectivity index (χ2v) is 5.58. The number of benzene rings is 2. The average molecular weight is 326 g/mol. The maximum absolute atomic E-state index is 12.3. The van der Waals surface area contributed by atoms with Gasteiger partial charge in [-0.3, -0.25) is 0 Å². The summed E-state index contributed by atoms with van der Waals surface area (Å²) in [6, 6.07) is 18.2. The lowest BCUT2D eigenvalue weighted by atomic mass is 9.89. The van der Waals surface area contributed by atoms with Crippen LogP contribution in [-0.2, 0) is 11.2 Å². The van der Waals surface area contributed by atoms with E-state index in [1.807, 2.05) is 36.4 Å². The van der Waals surface area contributed by atoms with E-state index >= 15 is 0 Å². The average Bonchev–Trinajstić information content (AvgIpc) is 2.65. The van der Waals surface area contributed by atoms with Gasteiger partial charge in [-0.25, -0.2) is 4.79 Å². The van der Waals surface area contributed by atoms with E-state index in [0.717, 1.165) is 5.56 Å². The van der Waals surface area contributed by atoms with E-state index in [9.17, 15) is 15.0 Å². The molecule has 0 saturated carbocycles. The molecule has 2 rings (SSSR count). The van der Waals surface area contributed by atoms with Gasteiger partial charge in [0, 0.05) is 5.92 Å². The third-order valence-electron chi connectivity index (χ3n) is 3.90. The van der Waals surface area contributed by atoms with E-state index in [0.29, 0.717) is 12.0 Å². The fourth-order valence-electron chi connectivity index (χ4n) is 2.57. The second kappa shape index (κ2) is 9.01. The second-order valence-electron chi connectivity index (χ2n) is 5.58. The van der Waals surface area contributed by atoms with Crippen molar-refractivity contribution in [1.82, 2.24) is 0 Å². The normalized spacial score (nSPS) is 14.4. The molecular weight excluding hydrogens is 304 g/mol. The first-order chi connectivity index (χ1) is 11.7. The predicted molar refractivity (Wildman–Crippen MR) is 92.6 cm³/mol. The molecule has 2 N–H and O–H groups in total. The topological polar surface area (TPSA) is 66.8 Å². The Kier molecular flexibility index (Phi) is 6.73. The number of hydrogen-bond donors (Lipinski definition) is 2. The molecule has 0 heterocycles. The number of ether oxygens (including phenoxy) is 1. The first-order valence-electron chi connectivity index (χ1n) is 7.87. The first-order valence-corrected chi connectivity index (χ1v) is 7.87. The molecule has 24 heavy (non-hydrogen) atoms. The first kappa shape index (κ1) is 17.9. The number of carbonyl (C=O) groups excluding carboxylic acids is 1. The molecule has 0 radical (unpaired) electrons. The molecule has 0 aromatic heterocycles. The molecule has 3 atom stereocenters. The lowest BCUT2D eigenvalue weighted by molar-refractivity contribution is -0.0189. The summed E-state index contributed by atoms with van der Waals surface area (Å²) in [4.78, 5) is 12.3. The van der Waals surface area contributed by atoms with E-state index in [4.69, 9.17) is 4.74 Å². The highest BCUT2D eigenvalue weighted by molar-refractivity contribution is 5.89. The Hall–Kier alpha value is -2.43. The van der Waals surface area contributed by atoms with Crippen LogP contribution in [0, 0.1) is 5.92 Å². The summed E-state index contributed by atoms with van der Waals surface area (Å²) in [5.41, 5.74) is 1.42. The Morgan fingerprint density at radius 2 is 1.67 bits per heavy atom. The lowest BCUT2D eigenvalue weighted by Crippen LogP contribution is -2.37. The molecule has 1 unspecified atom stereocenters. The third-order valence-corrected chi connectivity index (χ3v) is 3.90. The van der Waals surface area contributed by atoms with Gasteiger partial charge >= 0.3 is 5.97 Å². The number of rotatable bonds is 8. The molecule has 2 aromatic rings. The molecule has 0 amide bonds. The zero-order chi connectivity index (χ0) is 17.4. The number of aliphatic hydroxyl groups excluding tert-OH is 2. The van der Waals surface area contributed by atoms with Crippen LogP contribution in [-0.4, -0.2) is 35.0 Å². The van der Waals surface area contributed by atoms with Crippen LogP contribution < -0.4 is 0 Å². The summed E-state index contributed by atoms with van der Waals surface area (Å²) < 4.78 is 5.51. The largest absolute Gasteiger partial charge is 0.454 e. The summed E-state index contributed by atoms with van der Waals surface area (Å²) >= 11 is 0. The van der Waals surface area contributed by atoms with E-state index in [1.165, 1.54) is 6.08 Å². The fraction of sp³-hybridized carbons (Fsp3) is 0.250. The van der Waals surface area contributed by atoms with Crippen LogP contribution in [0.25, 0.3) is 0 Å². The molecule has 0 saturated heterocycles. The molecule has 0 bridgehead atoms. The van der Waals surface area contributed by atoms with Gasteiger partial charge in [-0.05, 0) is 24.1 Å². The van der Waals surface area contributed by atoms with Gasteiger partial charge in [0.25, 0.3) is 0 Å². The highest BCUT2D eigenvalue weighted by atomic mass is 16.5. The molecule has 0 aliphatic carbocycles. The van der Waals surface area contributed by atoms with Crippen molar-refractivity contribution in [3.05, 3.63) is 84.4 Å². The van der Waals surface area contributed by atoms with Crippen molar-refractivity contribution in [3.63, 3.8) is 0 Å². The van der Waals surface area contributed by atoms with Crippen LogP contribution in [0.3, 0.4) is 0 Å². The summed E-state index contributed by atoms with van der Waals surface area (Å²) in [7, 11) is 0. The summed E-state index contributed by atoms with van der Waals surface area (Å²) in [6.07, 6.45) is 0.228. The summed E-state index contributed by atoms with van der Waals surface area (Å²) in [5, 5.41) is 19.5. The van der Waals surface area contributed by atoms with Crippen molar-refractivity contribution in [2.75, 3.05) is 6.61 Å². The van der Waals surface area contributed by atoms with Crippen LogP contribution >= 0.6 is 0 Å². The Bertz CT molecular complexity index is 639. The highest BCUT2D eigenvalue weighted by Gasteiger charge is 2.29. The predicted octanol–water partition coefficient (Wildman–Crippen LogP) is 2.61. The van der Waals surface area contributed by atoms with E-state index in [1.54, 1.807) is 24.3 Å². The SMILES string of the molecule is C=C[C@@H](OC(=O)c1ccccc1)[C@H](Cc1ccccc1)C(O)CO. The maximum Gasteiger partial charge on any atom is 0.338 e. The van der Waals surface area contributed by atoms with E-state index < -0.39 is 30.7 Å². The maximum atomic E-state index is 12.3. The fourth-order valence-corrected chi connectivity index (χ4v) is 2.57. The quantitative estimate of drug-likeness (QED) is 0.578. The lowest BCUT2D eigenvalue weighted by Gasteiger charge is -2.28. The molecule has 0 spiro atoms. The summed E-state index contributed by atoms with van der Waals surface area (Å²) in [5.74, 6) is -0.966. The molecule has 0 aliphatic heterocycles. The molecule has 4 heteroatoms. The Morgan fingerprint density at radius 1 is 1.08 bits per heavy atom. The molecule has 0 aliphatic rings. The summed E-state index contributed by atoms with van der Waals surface area (Å²) in [6.45, 7) is 3.31. The van der Waals surface area contributed by atoms with Gasteiger partial charge in [-0.2, -0.15) is 0 Å². The van der Waals surface area contributed by atoms with Crippen molar-refractivity contribution in [2.24, 2.45) is 5.92 Å². The minimum absolute atomic E-state index is 0.412. The number of aliphatic hydroxyl groups is 2. The van der Waals surface area contributed by atoms with E-state index in [-0.39, 0.29) is 0 Å². The van der Waals surface area contributed by atoms with Crippen LogP contribution in [0.2, 0.25) is 0 Å². The van der Waals surface area contributed by atoms with Crippen LogP contribution in [0.4, 0.5) is 0 Å². The van der Waals surface area contributed by atoms with Crippen molar-refractivity contribution < 1.29 is 19.7 Å². The zero-order valence-electron chi connectivity index (χ0n) is 13.4.